The number of aryl methyl sites for hydroxylation is 1. The average Bonchev–Trinajstić information content (AvgIpc) is 3.31. The van der Waals surface area contributed by atoms with Crippen molar-refractivity contribution in [1.29, 1.82) is 0 Å². The van der Waals surface area contributed by atoms with Gasteiger partial charge in [-0.05, 0) is 72.6 Å². The van der Waals surface area contributed by atoms with Crippen molar-refractivity contribution in [2.45, 2.75) is 17.7 Å². The van der Waals surface area contributed by atoms with Gasteiger partial charge in [0, 0.05) is 13.5 Å². The van der Waals surface area contributed by atoms with E-state index in [2.05, 4.69) is 0 Å². The Hall–Kier alpha value is -3.72. The Balaban J connectivity index is 1.35. The summed E-state index contributed by atoms with van der Waals surface area (Å²) >= 11 is 0. The van der Waals surface area contributed by atoms with Crippen LogP contribution < -0.4 is 23.3 Å². The highest BCUT2D eigenvalue weighted by Gasteiger charge is 2.21. The molecule has 33 heavy (non-hydrogen) atoms. The molecule has 1 aliphatic rings. The number of carbonyl (C=O) groups excluding carboxylic acids is 1. The van der Waals surface area contributed by atoms with Crippen molar-refractivity contribution in [3.63, 3.8) is 0 Å². The fourth-order valence-electron chi connectivity index (χ4n) is 3.29. The Kier molecular flexibility index (Phi) is 6.41. The second-order valence-corrected chi connectivity index (χ2v) is 9.27. The first-order valence-corrected chi connectivity index (χ1v) is 11.6. The highest BCUT2D eigenvalue weighted by molar-refractivity contribution is 7.92. The highest BCUT2D eigenvalue weighted by Crippen LogP contribution is 2.33. The largest absolute Gasteiger partial charge is 0.497 e. The summed E-state index contributed by atoms with van der Waals surface area (Å²) in [6, 6.07) is 18.0. The number of methoxy groups -OCH3 is 1. The zero-order chi connectivity index (χ0) is 23.4. The summed E-state index contributed by atoms with van der Waals surface area (Å²) in [5, 5.41) is 0. The zero-order valence-electron chi connectivity index (χ0n) is 18.2. The minimum atomic E-state index is -3.75. The van der Waals surface area contributed by atoms with E-state index in [1.807, 2.05) is 18.2 Å². The number of hydrogen-bond acceptors (Lipinski definition) is 7. The lowest BCUT2D eigenvalue weighted by Crippen LogP contribution is -2.26. The van der Waals surface area contributed by atoms with E-state index >= 15 is 0 Å². The molecule has 0 saturated heterocycles. The number of hydrogen-bond donors (Lipinski definition) is 0. The molecule has 1 aliphatic heterocycles. The Labute approximate surface area is 192 Å². The molecule has 0 aliphatic carbocycles. The number of benzene rings is 3. The molecule has 8 nitrogen and oxygen atoms in total. The maximum Gasteiger partial charge on any atom is 0.311 e. The van der Waals surface area contributed by atoms with E-state index in [1.165, 1.54) is 30.6 Å². The van der Waals surface area contributed by atoms with Crippen LogP contribution in [0.3, 0.4) is 0 Å². The topological polar surface area (TPSA) is 91.4 Å². The Morgan fingerprint density at radius 2 is 1.61 bits per heavy atom. The van der Waals surface area contributed by atoms with Gasteiger partial charge in [-0.15, -0.1) is 0 Å². The van der Waals surface area contributed by atoms with Crippen LogP contribution >= 0.6 is 0 Å². The fraction of sp³-hybridized carbons (Fsp3) is 0.208. The average molecular weight is 470 g/mol. The van der Waals surface area contributed by atoms with Gasteiger partial charge >= 0.3 is 5.97 Å². The molecule has 172 valence electrons. The van der Waals surface area contributed by atoms with Crippen molar-refractivity contribution in [1.82, 2.24) is 0 Å². The molecule has 0 saturated carbocycles. The Morgan fingerprint density at radius 1 is 0.939 bits per heavy atom. The third kappa shape index (κ3) is 5.04. The van der Waals surface area contributed by atoms with Gasteiger partial charge in [-0.1, -0.05) is 6.07 Å². The van der Waals surface area contributed by atoms with E-state index in [4.69, 9.17) is 18.9 Å². The van der Waals surface area contributed by atoms with Gasteiger partial charge < -0.3 is 18.9 Å². The minimum absolute atomic E-state index is 0.143. The number of sulfonamides is 1. The third-order valence-corrected chi connectivity index (χ3v) is 7.00. The van der Waals surface area contributed by atoms with E-state index in [0.717, 1.165) is 5.56 Å². The van der Waals surface area contributed by atoms with Crippen LogP contribution in [0.5, 0.6) is 23.0 Å². The van der Waals surface area contributed by atoms with Crippen molar-refractivity contribution < 1.29 is 32.2 Å². The van der Waals surface area contributed by atoms with Gasteiger partial charge in [-0.25, -0.2) is 8.42 Å². The summed E-state index contributed by atoms with van der Waals surface area (Å²) in [6.07, 6.45) is 0.684. The number of fused-ring (bicyclic) bond motifs is 1. The number of carbonyl (C=O) groups is 1. The fourth-order valence-corrected chi connectivity index (χ4v) is 4.49. The van der Waals surface area contributed by atoms with Crippen LogP contribution in [0.15, 0.2) is 71.6 Å². The normalized spacial score (nSPS) is 12.3. The second-order valence-electron chi connectivity index (χ2n) is 7.30. The lowest BCUT2D eigenvalue weighted by Gasteiger charge is -2.20. The van der Waals surface area contributed by atoms with Crippen LogP contribution in [0.2, 0.25) is 0 Å². The van der Waals surface area contributed by atoms with Crippen LogP contribution in [-0.2, 0) is 21.2 Å². The van der Waals surface area contributed by atoms with Crippen LogP contribution in [0.4, 0.5) is 5.69 Å². The van der Waals surface area contributed by atoms with Crippen molar-refractivity contribution in [3.8, 4) is 23.0 Å². The molecule has 3 aromatic carbocycles. The summed E-state index contributed by atoms with van der Waals surface area (Å²) in [7, 11) is -0.766. The molecule has 0 N–H and O–H groups in total. The quantitative estimate of drug-likeness (QED) is 0.366. The zero-order valence-corrected chi connectivity index (χ0v) is 19.0. The number of esters is 1. The van der Waals surface area contributed by atoms with Gasteiger partial charge in [0.15, 0.2) is 11.5 Å². The molecule has 0 radical (unpaired) electrons. The van der Waals surface area contributed by atoms with Gasteiger partial charge in [0.25, 0.3) is 10.0 Å². The van der Waals surface area contributed by atoms with E-state index in [9.17, 15) is 13.2 Å². The van der Waals surface area contributed by atoms with E-state index < -0.39 is 10.0 Å². The number of anilines is 1. The van der Waals surface area contributed by atoms with Gasteiger partial charge in [0.2, 0.25) is 6.79 Å². The summed E-state index contributed by atoms with van der Waals surface area (Å²) in [5.74, 6) is 1.89. The highest BCUT2D eigenvalue weighted by atomic mass is 32.2. The monoisotopic (exact) mass is 469 g/mol. The molecule has 0 aromatic heterocycles. The first-order valence-electron chi connectivity index (χ1n) is 10.2. The number of rotatable bonds is 8. The molecule has 0 atom stereocenters. The summed E-state index contributed by atoms with van der Waals surface area (Å²) < 4.78 is 48.0. The van der Waals surface area contributed by atoms with Crippen molar-refractivity contribution in [3.05, 3.63) is 72.3 Å². The third-order valence-electron chi connectivity index (χ3n) is 5.20. The van der Waals surface area contributed by atoms with Gasteiger partial charge in [0.1, 0.15) is 11.5 Å². The van der Waals surface area contributed by atoms with Crippen LogP contribution in [0.1, 0.15) is 12.0 Å². The minimum Gasteiger partial charge on any atom is -0.497 e. The van der Waals surface area contributed by atoms with E-state index in [0.29, 0.717) is 35.1 Å². The van der Waals surface area contributed by atoms with Crippen LogP contribution in [0, 0.1) is 0 Å². The SMILES string of the molecule is COc1ccc(S(=O)(=O)N(C)c2ccc(OC(=O)CCc3ccc4c(c3)OCO4)cc2)cc1. The van der Waals surface area contributed by atoms with Crippen molar-refractivity contribution in [2.75, 3.05) is 25.3 Å². The van der Waals surface area contributed by atoms with Gasteiger partial charge in [-0.3, -0.25) is 9.10 Å². The van der Waals surface area contributed by atoms with Crippen LogP contribution in [-0.4, -0.2) is 35.3 Å². The molecular formula is C24H23NO7S. The molecule has 0 unspecified atom stereocenters. The predicted molar refractivity (Wildman–Crippen MR) is 122 cm³/mol. The molecule has 1 heterocycles. The molecule has 4 rings (SSSR count). The maximum atomic E-state index is 12.9. The van der Waals surface area contributed by atoms with Crippen molar-refractivity contribution >= 4 is 21.7 Å². The van der Waals surface area contributed by atoms with E-state index in [1.54, 1.807) is 36.4 Å². The van der Waals surface area contributed by atoms with Gasteiger partial charge in [0.05, 0.1) is 17.7 Å². The summed E-state index contributed by atoms with van der Waals surface area (Å²) in [4.78, 5) is 12.4. The number of nitrogens with zero attached hydrogens (tertiary/aromatic N) is 1. The summed E-state index contributed by atoms with van der Waals surface area (Å²) in [6.45, 7) is 0.202. The predicted octanol–water partition coefficient (Wildman–Crippen LogP) is 3.79. The first-order chi connectivity index (χ1) is 15.9. The standard InChI is InChI=1S/C24H23NO7S/c1-25(33(27,28)21-11-9-19(29-2)10-12-21)18-5-7-20(8-6-18)32-24(26)14-4-17-3-13-22-23(15-17)31-16-30-22/h3,5-13,15H,4,14,16H2,1-2H3. The molecular weight excluding hydrogens is 446 g/mol. The molecule has 3 aromatic rings. The smallest absolute Gasteiger partial charge is 0.311 e. The first kappa shape index (κ1) is 22.5. The van der Waals surface area contributed by atoms with Gasteiger partial charge in [-0.2, -0.15) is 0 Å². The van der Waals surface area contributed by atoms with Crippen molar-refractivity contribution in [2.24, 2.45) is 0 Å². The Bertz CT molecular complexity index is 1240. The lowest BCUT2D eigenvalue weighted by atomic mass is 10.1. The Morgan fingerprint density at radius 3 is 2.30 bits per heavy atom. The summed E-state index contributed by atoms with van der Waals surface area (Å²) in [5.41, 5.74) is 1.38. The molecule has 0 amide bonds. The lowest BCUT2D eigenvalue weighted by molar-refractivity contribution is -0.134. The van der Waals surface area contributed by atoms with E-state index in [-0.39, 0.29) is 24.1 Å². The van der Waals surface area contributed by atoms with Crippen LogP contribution in [0.25, 0.3) is 0 Å². The number of ether oxygens (including phenoxy) is 4. The molecule has 0 fully saturated rings. The maximum absolute atomic E-state index is 12.9. The molecule has 9 heteroatoms. The molecule has 0 bridgehead atoms. The molecule has 0 spiro atoms. The second kappa shape index (κ2) is 9.41.